The topological polar surface area (TPSA) is 34.1 Å². The Kier molecular flexibility index (Phi) is 3.93. The van der Waals surface area contributed by atoms with Crippen molar-refractivity contribution in [3.05, 3.63) is 45.9 Å². The average molecular weight is 339 g/mol. The van der Waals surface area contributed by atoms with Crippen LogP contribution in [0.15, 0.2) is 30.3 Å². The standard InChI is InChI=1S/C15H12Cl2N2OS/c1-8-3-5-10(16)14(13(8)17)19-15-18-11-6-4-9(20-2)7-12(11)21-15/h3-7H,1-2H3,(H,18,19). The summed E-state index contributed by atoms with van der Waals surface area (Å²) in [5.74, 6) is 0.810. The molecule has 2 aromatic carbocycles. The van der Waals surface area contributed by atoms with Crippen LogP contribution >= 0.6 is 34.5 Å². The number of anilines is 2. The van der Waals surface area contributed by atoms with Gasteiger partial charge in [0.25, 0.3) is 0 Å². The number of halogens is 2. The molecule has 1 aromatic heterocycles. The zero-order valence-electron chi connectivity index (χ0n) is 11.4. The van der Waals surface area contributed by atoms with Crippen LogP contribution in [-0.4, -0.2) is 12.1 Å². The minimum absolute atomic E-state index is 0.572. The molecule has 0 saturated heterocycles. The fourth-order valence-corrected chi connectivity index (χ4v) is 3.33. The highest BCUT2D eigenvalue weighted by atomic mass is 35.5. The van der Waals surface area contributed by atoms with Gasteiger partial charge in [0.2, 0.25) is 0 Å². The molecular weight excluding hydrogens is 327 g/mol. The number of thiazole rings is 1. The van der Waals surface area contributed by atoms with Crippen molar-refractivity contribution in [3.63, 3.8) is 0 Å². The number of benzene rings is 2. The Morgan fingerprint density at radius 2 is 2.00 bits per heavy atom. The van der Waals surface area contributed by atoms with E-state index in [1.165, 1.54) is 11.3 Å². The number of aryl methyl sites for hydroxylation is 1. The van der Waals surface area contributed by atoms with Crippen molar-refractivity contribution in [2.45, 2.75) is 6.92 Å². The van der Waals surface area contributed by atoms with Gasteiger partial charge in [-0.25, -0.2) is 4.98 Å². The van der Waals surface area contributed by atoms with Gasteiger partial charge in [-0.05, 0) is 36.8 Å². The second-order valence-corrected chi connectivity index (χ2v) is 6.35. The first kappa shape index (κ1) is 14.4. The number of hydrogen-bond donors (Lipinski definition) is 1. The van der Waals surface area contributed by atoms with E-state index < -0.39 is 0 Å². The first-order chi connectivity index (χ1) is 10.1. The molecule has 0 spiro atoms. The molecule has 3 aromatic rings. The molecule has 0 bridgehead atoms. The van der Waals surface area contributed by atoms with Crippen LogP contribution in [0.5, 0.6) is 5.75 Å². The van der Waals surface area contributed by atoms with Crippen molar-refractivity contribution in [1.29, 1.82) is 0 Å². The Balaban J connectivity index is 2.00. The second-order valence-electron chi connectivity index (χ2n) is 4.53. The number of hydrogen-bond acceptors (Lipinski definition) is 4. The van der Waals surface area contributed by atoms with Crippen molar-refractivity contribution in [1.82, 2.24) is 4.98 Å². The quantitative estimate of drug-likeness (QED) is 0.668. The van der Waals surface area contributed by atoms with Gasteiger partial charge < -0.3 is 10.1 Å². The first-order valence-electron chi connectivity index (χ1n) is 6.24. The summed E-state index contributed by atoms with van der Waals surface area (Å²) in [6.07, 6.45) is 0. The summed E-state index contributed by atoms with van der Waals surface area (Å²) in [5, 5.41) is 5.14. The van der Waals surface area contributed by atoms with Crippen LogP contribution < -0.4 is 10.1 Å². The lowest BCUT2D eigenvalue weighted by atomic mass is 10.2. The molecule has 3 rings (SSSR count). The van der Waals surface area contributed by atoms with E-state index in [4.69, 9.17) is 27.9 Å². The zero-order valence-corrected chi connectivity index (χ0v) is 13.7. The van der Waals surface area contributed by atoms with Crippen molar-refractivity contribution in [3.8, 4) is 5.75 Å². The number of aromatic nitrogens is 1. The highest BCUT2D eigenvalue weighted by molar-refractivity contribution is 7.22. The molecule has 0 fully saturated rings. The van der Waals surface area contributed by atoms with Gasteiger partial charge in [0.05, 0.1) is 33.1 Å². The third-order valence-electron chi connectivity index (χ3n) is 3.11. The van der Waals surface area contributed by atoms with E-state index in [0.717, 1.165) is 26.7 Å². The van der Waals surface area contributed by atoms with E-state index in [0.29, 0.717) is 15.7 Å². The number of fused-ring (bicyclic) bond motifs is 1. The van der Waals surface area contributed by atoms with Gasteiger partial charge in [-0.1, -0.05) is 40.6 Å². The predicted molar refractivity (Wildman–Crippen MR) is 90.7 cm³/mol. The van der Waals surface area contributed by atoms with Gasteiger partial charge in [0.1, 0.15) is 5.75 Å². The summed E-state index contributed by atoms with van der Waals surface area (Å²) in [6.45, 7) is 1.94. The highest BCUT2D eigenvalue weighted by Crippen LogP contribution is 2.37. The van der Waals surface area contributed by atoms with E-state index in [9.17, 15) is 0 Å². The Hall–Kier alpha value is -1.49. The molecule has 0 aliphatic heterocycles. The minimum atomic E-state index is 0.572. The number of ether oxygens (including phenoxy) is 1. The number of methoxy groups -OCH3 is 1. The van der Waals surface area contributed by atoms with Crippen LogP contribution in [0.4, 0.5) is 10.8 Å². The maximum Gasteiger partial charge on any atom is 0.188 e. The van der Waals surface area contributed by atoms with Gasteiger partial charge in [-0.3, -0.25) is 0 Å². The lowest BCUT2D eigenvalue weighted by molar-refractivity contribution is 0.415. The van der Waals surface area contributed by atoms with Crippen LogP contribution in [0.3, 0.4) is 0 Å². The Morgan fingerprint density at radius 1 is 1.19 bits per heavy atom. The second kappa shape index (κ2) is 5.72. The van der Waals surface area contributed by atoms with Crippen LogP contribution in [0.1, 0.15) is 5.56 Å². The fourth-order valence-electron chi connectivity index (χ4n) is 1.96. The van der Waals surface area contributed by atoms with Crippen molar-refractivity contribution < 1.29 is 4.74 Å². The molecule has 0 radical (unpaired) electrons. The van der Waals surface area contributed by atoms with Gasteiger partial charge in [-0.2, -0.15) is 0 Å². The smallest absolute Gasteiger partial charge is 0.188 e. The van der Waals surface area contributed by atoms with E-state index in [-0.39, 0.29) is 0 Å². The molecule has 0 unspecified atom stereocenters. The third-order valence-corrected chi connectivity index (χ3v) is 4.85. The summed E-state index contributed by atoms with van der Waals surface area (Å²) in [4.78, 5) is 4.53. The molecule has 0 atom stereocenters. The average Bonchev–Trinajstić information content (AvgIpc) is 2.89. The summed E-state index contributed by atoms with van der Waals surface area (Å²) >= 11 is 14.0. The van der Waals surface area contributed by atoms with Crippen molar-refractivity contribution in [2.24, 2.45) is 0 Å². The monoisotopic (exact) mass is 338 g/mol. The largest absolute Gasteiger partial charge is 0.497 e. The van der Waals surface area contributed by atoms with E-state index in [2.05, 4.69) is 10.3 Å². The van der Waals surface area contributed by atoms with Gasteiger partial charge in [0, 0.05) is 0 Å². The molecule has 0 aliphatic carbocycles. The molecule has 0 saturated carbocycles. The molecule has 1 N–H and O–H groups in total. The zero-order chi connectivity index (χ0) is 15.0. The summed E-state index contributed by atoms with van der Waals surface area (Å²) in [6, 6.07) is 9.48. The lowest BCUT2D eigenvalue weighted by Crippen LogP contribution is -1.93. The van der Waals surface area contributed by atoms with Gasteiger partial charge in [0.15, 0.2) is 5.13 Å². The maximum absolute atomic E-state index is 6.30. The first-order valence-corrected chi connectivity index (χ1v) is 7.82. The molecule has 108 valence electrons. The van der Waals surface area contributed by atoms with Crippen LogP contribution in [-0.2, 0) is 0 Å². The van der Waals surface area contributed by atoms with E-state index in [1.54, 1.807) is 7.11 Å². The molecule has 21 heavy (non-hydrogen) atoms. The van der Waals surface area contributed by atoms with Gasteiger partial charge in [-0.15, -0.1) is 0 Å². The van der Waals surface area contributed by atoms with Crippen molar-refractivity contribution in [2.75, 3.05) is 12.4 Å². The fraction of sp³-hybridized carbons (Fsp3) is 0.133. The van der Waals surface area contributed by atoms with E-state index in [1.807, 2.05) is 37.3 Å². The Morgan fingerprint density at radius 3 is 2.76 bits per heavy atom. The summed E-state index contributed by atoms with van der Waals surface area (Å²) in [7, 11) is 1.65. The maximum atomic E-state index is 6.30. The number of rotatable bonds is 3. The molecule has 1 heterocycles. The molecular formula is C15H12Cl2N2OS. The van der Waals surface area contributed by atoms with Crippen LogP contribution in [0.25, 0.3) is 10.2 Å². The molecule has 0 aliphatic rings. The normalized spacial score (nSPS) is 10.9. The van der Waals surface area contributed by atoms with Gasteiger partial charge >= 0.3 is 0 Å². The van der Waals surface area contributed by atoms with E-state index >= 15 is 0 Å². The van der Waals surface area contributed by atoms with Crippen LogP contribution in [0, 0.1) is 6.92 Å². The predicted octanol–water partition coefficient (Wildman–Crippen LogP) is 5.66. The number of nitrogens with one attached hydrogen (secondary N) is 1. The summed E-state index contributed by atoms with van der Waals surface area (Å²) < 4.78 is 6.26. The molecule has 6 heteroatoms. The van der Waals surface area contributed by atoms with Crippen LogP contribution in [0.2, 0.25) is 10.0 Å². The SMILES string of the molecule is COc1ccc2nc(Nc3c(Cl)ccc(C)c3Cl)sc2c1. The lowest BCUT2D eigenvalue weighted by Gasteiger charge is -2.09. The molecule has 0 amide bonds. The summed E-state index contributed by atoms with van der Waals surface area (Å²) in [5.41, 5.74) is 2.55. The van der Waals surface area contributed by atoms with Crippen molar-refractivity contribution >= 4 is 55.6 Å². The number of nitrogens with zero attached hydrogens (tertiary/aromatic N) is 1. The minimum Gasteiger partial charge on any atom is -0.497 e. The Bertz CT molecular complexity index is 817. The third kappa shape index (κ3) is 2.79. The Labute approximate surface area is 136 Å². The highest BCUT2D eigenvalue weighted by Gasteiger charge is 2.11. The molecule has 3 nitrogen and oxygen atoms in total.